The van der Waals surface area contributed by atoms with Gasteiger partial charge in [-0.1, -0.05) is 23.7 Å². The van der Waals surface area contributed by atoms with E-state index in [0.29, 0.717) is 15.9 Å². The average molecular weight is 436 g/mol. The number of hydrogen-bond acceptors (Lipinski definition) is 4. The van der Waals surface area contributed by atoms with Crippen LogP contribution in [0.15, 0.2) is 45.0 Å². The molecule has 3 N–H and O–H groups in total. The van der Waals surface area contributed by atoms with Crippen molar-refractivity contribution in [3.05, 3.63) is 51.0 Å². The van der Waals surface area contributed by atoms with Gasteiger partial charge in [0, 0.05) is 20.6 Å². The summed E-state index contributed by atoms with van der Waals surface area (Å²) in [5.41, 5.74) is 3.52. The van der Waals surface area contributed by atoms with E-state index in [1.165, 1.54) is 0 Å². The van der Waals surface area contributed by atoms with Crippen molar-refractivity contribution < 1.29 is 9.90 Å². The molecule has 6 nitrogen and oxygen atoms in total. The van der Waals surface area contributed by atoms with E-state index in [0.717, 1.165) is 21.3 Å². The number of fused-ring (bicyclic) bond motifs is 1. The smallest absolute Gasteiger partial charge is 0.283 e. The lowest BCUT2D eigenvalue weighted by molar-refractivity contribution is -0.116. The summed E-state index contributed by atoms with van der Waals surface area (Å²) < 4.78 is 0.792. The molecule has 2 aromatic carbocycles. The summed E-state index contributed by atoms with van der Waals surface area (Å²) in [5, 5.41) is 22.0. The Balaban J connectivity index is 1.79. The van der Waals surface area contributed by atoms with Crippen molar-refractivity contribution in [1.82, 2.24) is 4.98 Å². The summed E-state index contributed by atoms with van der Waals surface area (Å²) in [6.07, 6.45) is 0. The fourth-order valence-corrected chi connectivity index (χ4v) is 3.24. The Morgan fingerprint density at radius 1 is 1.31 bits per heavy atom. The van der Waals surface area contributed by atoms with E-state index in [2.05, 4.69) is 36.5 Å². The van der Waals surface area contributed by atoms with Gasteiger partial charge in [0.1, 0.15) is 0 Å². The molecule has 0 unspecified atom stereocenters. The molecule has 0 saturated carbocycles. The molecule has 0 radical (unpaired) electrons. The predicted octanol–water partition coefficient (Wildman–Crippen LogP) is 5.63. The van der Waals surface area contributed by atoms with Gasteiger partial charge < -0.3 is 15.4 Å². The van der Waals surface area contributed by atoms with Gasteiger partial charge in [-0.15, -0.1) is 10.2 Å². The Morgan fingerprint density at radius 2 is 2.08 bits per heavy atom. The van der Waals surface area contributed by atoms with E-state index in [1.807, 2.05) is 32.0 Å². The highest BCUT2D eigenvalue weighted by molar-refractivity contribution is 9.10. The highest BCUT2D eigenvalue weighted by Crippen LogP contribution is 2.41. The second kappa shape index (κ2) is 7.47. The molecule has 3 aromatic rings. The summed E-state index contributed by atoms with van der Waals surface area (Å²) in [6, 6.07) is 9.15. The first-order valence-electron chi connectivity index (χ1n) is 7.81. The fourth-order valence-electron chi connectivity index (χ4n) is 2.53. The number of aromatic hydroxyl groups is 1. The lowest BCUT2D eigenvalue weighted by Crippen LogP contribution is -2.11. The van der Waals surface area contributed by atoms with E-state index in [4.69, 9.17) is 11.6 Å². The van der Waals surface area contributed by atoms with Gasteiger partial charge in [0.25, 0.3) is 5.91 Å². The van der Waals surface area contributed by atoms with Gasteiger partial charge in [-0.05, 0) is 59.1 Å². The first-order chi connectivity index (χ1) is 12.4. The summed E-state index contributed by atoms with van der Waals surface area (Å²) in [6.45, 7) is 3.76. The van der Waals surface area contributed by atoms with Crippen molar-refractivity contribution in [2.45, 2.75) is 13.8 Å². The molecule has 0 bridgehead atoms. The number of H-pyrrole nitrogens is 1. The van der Waals surface area contributed by atoms with Crippen molar-refractivity contribution in [2.75, 3.05) is 11.9 Å². The summed E-state index contributed by atoms with van der Waals surface area (Å²) in [7, 11) is 0. The van der Waals surface area contributed by atoms with Crippen LogP contribution in [0.5, 0.6) is 5.88 Å². The zero-order valence-corrected chi connectivity index (χ0v) is 16.4. The lowest BCUT2D eigenvalue weighted by Gasteiger charge is -2.08. The molecule has 0 atom stereocenters. The number of aromatic nitrogens is 1. The van der Waals surface area contributed by atoms with Crippen molar-refractivity contribution in [3.8, 4) is 5.88 Å². The van der Waals surface area contributed by atoms with Gasteiger partial charge in [0.15, 0.2) is 5.69 Å². The predicted molar refractivity (Wildman–Crippen MR) is 107 cm³/mol. The van der Waals surface area contributed by atoms with E-state index in [9.17, 15) is 9.90 Å². The van der Waals surface area contributed by atoms with Crippen LogP contribution >= 0.6 is 27.5 Å². The van der Waals surface area contributed by atoms with Crippen LogP contribution in [0, 0.1) is 13.8 Å². The van der Waals surface area contributed by atoms with E-state index < -0.39 is 5.91 Å². The summed E-state index contributed by atoms with van der Waals surface area (Å²) in [5.74, 6) is -0.608. The molecule has 0 aliphatic carbocycles. The quantitative estimate of drug-likeness (QED) is 0.464. The highest BCUT2D eigenvalue weighted by Gasteiger charge is 2.15. The van der Waals surface area contributed by atoms with Crippen molar-refractivity contribution in [2.24, 2.45) is 10.2 Å². The topological polar surface area (TPSA) is 89.8 Å². The van der Waals surface area contributed by atoms with E-state index in [1.54, 1.807) is 12.1 Å². The Hall–Kier alpha value is -2.38. The number of benzene rings is 2. The van der Waals surface area contributed by atoms with Crippen LogP contribution < -0.4 is 5.32 Å². The average Bonchev–Trinajstić information content (AvgIpc) is 2.93. The fraction of sp³-hybridized carbons (Fsp3) is 0.167. The third kappa shape index (κ3) is 3.59. The number of nitrogens with zero attached hydrogens (tertiary/aromatic N) is 2. The Morgan fingerprint density at radius 3 is 2.85 bits per heavy atom. The van der Waals surface area contributed by atoms with Crippen LogP contribution in [0.25, 0.3) is 10.9 Å². The van der Waals surface area contributed by atoms with Crippen LogP contribution in [0.1, 0.15) is 11.1 Å². The molecule has 1 aromatic heterocycles. The molecular formula is C18H16BrClN4O2. The van der Waals surface area contributed by atoms with Gasteiger partial charge >= 0.3 is 0 Å². The number of amides is 1. The van der Waals surface area contributed by atoms with Gasteiger partial charge in [-0.2, -0.15) is 0 Å². The molecule has 0 saturated heterocycles. The van der Waals surface area contributed by atoms with Crippen LogP contribution in [0.2, 0.25) is 5.02 Å². The summed E-state index contributed by atoms with van der Waals surface area (Å²) in [4.78, 5) is 14.9. The Kier molecular flexibility index (Phi) is 5.29. The third-order valence-corrected chi connectivity index (χ3v) is 5.44. The molecule has 134 valence electrons. The number of aromatic amines is 1. The maximum Gasteiger partial charge on any atom is 0.283 e. The van der Waals surface area contributed by atoms with Crippen molar-refractivity contribution in [3.63, 3.8) is 0 Å². The van der Waals surface area contributed by atoms with E-state index in [-0.39, 0.29) is 18.1 Å². The maximum atomic E-state index is 12.0. The molecule has 0 aliphatic rings. The van der Waals surface area contributed by atoms with Crippen LogP contribution in [0.3, 0.4) is 0 Å². The monoisotopic (exact) mass is 434 g/mol. The largest absolute Gasteiger partial charge is 0.493 e. The number of anilines is 1. The first kappa shape index (κ1) is 18.4. The second-order valence-corrected chi connectivity index (χ2v) is 7.00. The Labute approximate surface area is 163 Å². The maximum absolute atomic E-state index is 12.0. The first-order valence-corrected chi connectivity index (χ1v) is 8.99. The standard InChI is InChI=1S/C18H16BrClN4O2/c1-9-6-7-13-15(16(9)19)17(18(26)22-13)24-23-14(25)8-21-12-5-3-4-11(20)10(12)2/h3-7,21-22,26H,8H2,1-2H3. The summed E-state index contributed by atoms with van der Waals surface area (Å²) >= 11 is 9.54. The second-order valence-electron chi connectivity index (χ2n) is 5.80. The number of azo groups is 1. The van der Waals surface area contributed by atoms with Crippen molar-refractivity contribution >= 4 is 55.7 Å². The van der Waals surface area contributed by atoms with Gasteiger partial charge in [-0.25, -0.2) is 0 Å². The minimum atomic E-state index is -0.470. The molecule has 1 amide bonds. The van der Waals surface area contributed by atoms with Crippen LogP contribution in [-0.4, -0.2) is 22.5 Å². The minimum Gasteiger partial charge on any atom is -0.493 e. The zero-order chi connectivity index (χ0) is 18.8. The number of hydrogen-bond donors (Lipinski definition) is 3. The van der Waals surface area contributed by atoms with Gasteiger partial charge in [-0.3, -0.25) is 4.79 Å². The zero-order valence-electron chi connectivity index (χ0n) is 14.1. The molecular weight excluding hydrogens is 420 g/mol. The number of rotatable bonds is 4. The van der Waals surface area contributed by atoms with Gasteiger partial charge in [0.05, 0.1) is 12.1 Å². The van der Waals surface area contributed by atoms with Gasteiger partial charge in [0.2, 0.25) is 5.88 Å². The SMILES string of the molecule is Cc1ccc2[nH]c(O)c(N=NC(=O)CNc3cccc(Cl)c3C)c2c1Br. The highest BCUT2D eigenvalue weighted by atomic mass is 79.9. The molecule has 8 heteroatoms. The minimum absolute atomic E-state index is 0.0337. The number of halogens is 2. The molecule has 0 aliphatic heterocycles. The normalized spacial score (nSPS) is 11.4. The van der Waals surface area contributed by atoms with Crippen LogP contribution in [0.4, 0.5) is 11.4 Å². The molecule has 3 rings (SSSR count). The lowest BCUT2D eigenvalue weighted by atomic mass is 10.1. The molecule has 26 heavy (non-hydrogen) atoms. The van der Waals surface area contributed by atoms with E-state index >= 15 is 0 Å². The Bertz CT molecular complexity index is 1030. The van der Waals surface area contributed by atoms with Crippen LogP contribution in [-0.2, 0) is 4.79 Å². The molecule has 0 spiro atoms. The number of carbonyl (C=O) groups excluding carboxylic acids is 1. The molecule has 1 heterocycles. The van der Waals surface area contributed by atoms with Crippen molar-refractivity contribution in [1.29, 1.82) is 0 Å². The molecule has 0 fully saturated rings. The number of nitrogens with one attached hydrogen (secondary N) is 2. The number of carbonyl (C=O) groups is 1. The number of aryl methyl sites for hydroxylation is 1. The third-order valence-electron chi connectivity index (χ3n) is 4.01.